The van der Waals surface area contributed by atoms with Crippen LogP contribution >= 0.6 is 0 Å². The van der Waals surface area contributed by atoms with E-state index in [2.05, 4.69) is 5.32 Å². The Morgan fingerprint density at radius 3 is 2.69 bits per heavy atom. The van der Waals surface area contributed by atoms with Gasteiger partial charge in [0.15, 0.2) is 0 Å². The standard InChI is InChI=1S/C10H16F3NO2/c1-9(3-2-4-10(11,12)13)6-14-5-7(9)8(15)16/h7,14H,2-6H2,1H3,(H,15,16). The second-order valence-corrected chi connectivity index (χ2v) is 4.64. The Morgan fingerprint density at radius 2 is 2.19 bits per heavy atom. The first-order valence-corrected chi connectivity index (χ1v) is 5.25. The Kier molecular flexibility index (Phi) is 3.83. The number of rotatable bonds is 4. The Bertz CT molecular complexity index is 267. The van der Waals surface area contributed by atoms with Gasteiger partial charge in [-0.05, 0) is 18.3 Å². The van der Waals surface area contributed by atoms with Crippen LogP contribution in [0.4, 0.5) is 13.2 Å². The van der Waals surface area contributed by atoms with Crippen LogP contribution in [0.1, 0.15) is 26.2 Å². The van der Waals surface area contributed by atoms with Crippen molar-refractivity contribution in [3.8, 4) is 0 Å². The van der Waals surface area contributed by atoms with Crippen LogP contribution in [0, 0.1) is 11.3 Å². The normalized spacial score (nSPS) is 30.6. The van der Waals surface area contributed by atoms with Crippen LogP contribution in [0.5, 0.6) is 0 Å². The van der Waals surface area contributed by atoms with Crippen LogP contribution in [0.3, 0.4) is 0 Å². The molecule has 0 radical (unpaired) electrons. The van der Waals surface area contributed by atoms with E-state index in [9.17, 15) is 18.0 Å². The lowest BCUT2D eigenvalue weighted by molar-refractivity contribution is -0.145. The van der Waals surface area contributed by atoms with Gasteiger partial charge in [0.05, 0.1) is 5.92 Å². The van der Waals surface area contributed by atoms with Crippen molar-refractivity contribution < 1.29 is 23.1 Å². The van der Waals surface area contributed by atoms with E-state index in [1.807, 2.05) is 0 Å². The molecule has 16 heavy (non-hydrogen) atoms. The van der Waals surface area contributed by atoms with Crippen molar-refractivity contribution >= 4 is 5.97 Å². The third-order valence-electron chi connectivity index (χ3n) is 3.22. The van der Waals surface area contributed by atoms with Gasteiger partial charge in [0, 0.05) is 19.5 Å². The van der Waals surface area contributed by atoms with E-state index in [4.69, 9.17) is 5.11 Å². The zero-order chi connectivity index (χ0) is 12.4. The molecular weight excluding hydrogens is 223 g/mol. The van der Waals surface area contributed by atoms with E-state index in [0.717, 1.165) is 0 Å². The van der Waals surface area contributed by atoms with Crippen LogP contribution in [0.15, 0.2) is 0 Å². The van der Waals surface area contributed by atoms with Crippen molar-refractivity contribution in [1.29, 1.82) is 0 Å². The molecule has 0 aromatic heterocycles. The lowest BCUT2D eigenvalue weighted by Crippen LogP contribution is -2.32. The van der Waals surface area contributed by atoms with Crippen molar-refractivity contribution in [2.45, 2.75) is 32.4 Å². The van der Waals surface area contributed by atoms with E-state index in [1.165, 1.54) is 0 Å². The highest BCUT2D eigenvalue weighted by molar-refractivity contribution is 5.71. The maximum absolute atomic E-state index is 12.0. The molecule has 1 fully saturated rings. The summed E-state index contributed by atoms with van der Waals surface area (Å²) >= 11 is 0. The van der Waals surface area contributed by atoms with Gasteiger partial charge in [-0.15, -0.1) is 0 Å². The smallest absolute Gasteiger partial charge is 0.389 e. The molecule has 3 nitrogen and oxygen atoms in total. The number of carbonyl (C=O) groups is 1. The molecule has 2 unspecified atom stereocenters. The molecule has 2 N–H and O–H groups in total. The molecule has 1 rings (SSSR count). The molecule has 6 heteroatoms. The lowest BCUT2D eigenvalue weighted by atomic mass is 9.76. The van der Waals surface area contributed by atoms with Crippen LogP contribution in [-0.2, 0) is 4.79 Å². The molecule has 0 aliphatic carbocycles. The summed E-state index contributed by atoms with van der Waals surface area (Å²) in [7, 11) is 0. The van der Waals surface area contributed by atoms with Gasteiger partial charge in [0.2, 0.25) is 0 Å². The Labute approximate surface area is 92.0 Å². The monoisotopic (exact) mass is 239 g/mol. The van der Waals surface area contributed by atoms with E-state index in [-0.39, 0.29) is 12.8 Å². The lowest BCUT2D eigenvalue weighted by Gasteiger charge is -2.27. The van der Waals surface area contributed by atoms with Gasteiger partial charge in [-0.2, -0.15) is 13.2 Å². The molecule has 0 aromatic rings. The average Bonchev–Trinajstić information content (AvgIpc) is 2.44. The van der Waals surface area contributed by atoms with Crippen molar-refractivity contribution in [2.24, 2.45) is 11.3 Å². The van der Waals surface area contributed by atoms with Gasteiger partial charge in [-0.25, -0.2) is 0 Å². The van der Waals surface area contributed by atoms with Crippen LogP contribution in [0.25, 0.3) is 0 Å². The van der Waals surface area contributed by atoms with Gasteiger partial charge in [-0.3, -0.25) is 4.79 Å². The van der Waals surface area contributed by atoms with Crippen molar-refractivity contribution in [3.63, 3.8) is 0 Å². The minimum Gasteiger partial charge on any atom is -0.481 e. The molecule has 1 saturated heterocycles. The van der Waals surface area contributed by atoms with Gasteiger partial charge in [0.1, 0.15) is 0 Å². The minimum absolute atomic E-state index is 0.00847. The van der Waals surface area contributed by atoms with Gasteiger partial charge in [-0.1, -0.05) is 6.92 Å². The van der Waals surface area contributed by atoms with Gasteiger partial charge >= 0.3 is 12.1 Å². The first-order chi connectivity index (χ1) is 7.25. The number of carboxylic acids is 1. The minimum atomic E-state index is -4.15. The van der Waals surface area contributed by atoms with Crippen LogP contribution < -0.4 is 5.32 Å². The summed E-state index contributed by atoms with van der Waals surface area (Å²) in [6.45, 7) is 2.56. The fraction of sp³-hybridized carbons (Fsp3) is 0.900. The summed E-state index contributed by atoms with van der Waals surface area (Å²) < 4.78 is 35.9. The SMILES string of the molecule is CC1(CCCC(F)(F)F)CNCC1C(=O)O. The van der Waals surface area contributed by atoms with Crippen LogP contribution in [-0.4, -0.2) is 30.3 Å². The molecule has 1 aliphatic heterocycles. The molecule has 94 valence electrons. The summed E-state index contributed by atoms with van der Waals surface area (Å²) in [5, 5.41) is 11.9. The van der Waals surface area contributed by atoms with Crippen molar-refractivity contribution in [3.05, 3.63) is 0 Å². The van der Waals surface area contributed by atoms with E-state index >= 15 is 0 Å². The Balaban J connectivity index is 2.48. The molecule has 0 aromatic carbocycles. The number of aliphatic carboxylic acids is 1. The summed E-state index contributed by atoms with van der Waals surface area (Å²) in [5.74, 6) is -1.51. The van der Waals surface area contributed by atoms with E-state index < -0.39 is 29.9 Å². The summed E-state index contributed by atoms with van der Waals surface area (Å²) in [6, 6.07) is 0. The first kappa shape index (κ1) is 13.3. The van der Waals surface area contributed by atoms with Crippen LogP contribution in [0.2, 0.25) is 0 Å². The predicted octanol–water partition coefficient (Wildman–Crippen LogP) is 2.03. The zero-order valence-electron chi connectivity index (χ0n) is 9.10. The molecule has 0 saturated carbocycles. The summed E-state index contributed by atoms with van der Waals surface area (Å²) in [4.78, 5) is 10.9. The third kappa shape index (κ3) is 3.37. The van der Waals surface area contributed by atoms with Crippen molar-refractivity contribution in [2.75, 3.05) is 13.1 Å². The molecule has 2 atom stereocenters. The molecule has 0 bridgehead atoms. The Hall–Kier alpha value is -0.780. The number of alkyl halides is 3. The third-order valence-corrected chi connectivity index (χ3v) is 3.22. The number of halogens is 3. The number of hydrogen-bond acceptors (Lipinski definition) is 2. The molecule has 1 heterocycles. The highest BCUT2D eigenvalue weighted by atomic mass is 19.4. The summed E-state index contributed by atoms with van der Waals surface area (Å²) in [6.07, 6.45) is -4.71. The number of hydrogen-bond donors (Lipinski definition) is 2. The first-order valence-electron chi connectivity index (χ1n) is 5.25. The maximum atomic E-state index is 12.0. The van der Waals surface area contributed by atoms with Crippen molar-refractivity contribution in [1.82, 2.24) is 5.32 Å². The summed E-state index contributed by atoms with van der Waals surface area (Å²) in [5.41, 5.74) is -0.558. The largest absolute Gasteiger partial charge is 0.481 e. The fourth-order valence-corrected chi connectivity index (χ4v) is 2.21. The molecule has 1 aliphatic rings. The molecule has 0 amide bonds. The highest BCUT2D eigenvalue weighted by Crippen LogP contribution is 2.37. The molecule has 0 spiro atoms. The topological polar surface area (TPSA) is 49.3 Å². The predicted molar refractivity (Wildman–Crippen MR) is 52.0 cm³/mol. The maximum Gasteiger partial charge on any atom is 0.389 e. The quantitative estimate of drug-likeness (QED) is 0.789. The fourth-order valence-electron chi connectivity index (χ4n) is 2.21. The second kappa shape index (κ2) is 4.61. The van der Waals surface area contributed by atoms with E-state index in [0.29, 0.717) is 13.1 Å². The van der Waals surface area contributed by atoms with E-state index in [1.54, 1.807) is 6.92 Å². The average molecular weight is 239 g/mol. The van der Waals surface area contributed by atoms with Gasteiger partial charge in [0.25, 0.3) is 0 Å². The number of nitrogens with one attached hydrogen (secondary N) is 1. The van der Waals surface area contributed by atoms with Gasteiger partial charge < -0.3 is 10.4 Å². The zero-order valence-corrected chi connectivity index (χ0v) is 9.10. The second-order valence-electron chi connectivity index (χ2n) is 4.64. The number of carboxylic acid groups (broad SMARTS) is 1. The molecular formula is C10H16F3NO2. The highest BCUT2D eigenvalue weighted by Gasteiger charge is 2.43. The Morgan fingerprint density at radius 1 is 1.56 bits per heavy atom.